The number of hydrogen-bond donors (Lipinski definition) is 2. The Hall–Kier alpha value is -0.610. The summed E-state index contributed by atoms with van der Waals surface area (Å²) in [5, 5.41) is 3.30. The third-order valence-corrected chi connectivity index (χ3v) is 4.06. The van der Waals surface area contributed by atoms with E-state index < -0.39 is 5.54 Å². The molecule has 19 heavy (non-hydrogen) atoms. The number of primary amides is 1. The molecule has 0 fully saturated rings. The highest BCUT2D eigenvalue weighted by molar-refractivity contribution is 5.84. The molecule has 0 saturated heterocycles. The number of amides is 1. The molecule has 4 heteroatoms. The van der Waals surface area contributed by atoms with Gasteiger partial charge in [-0.2, -0.15) is 0 Å². The minimum absolute atomic E-state index is 0.260. The second-order valence-electron chi connectivity index (χ2n) is 6.13. The topological polar surface area (TPSA) is 58.4 Å². The van der Waals surface area contributed by atoms with Gasteiger partial charge >= 0.3 is 0 Å². The van der Waals surface area contributed by atoms with Gasteiger partial charge in [0.15, 0.2) is 0 Å². The minimum atomic E-state index is -0.612. The van der Waals surface area contributed by atoms with Crippen molar-refractivity contribution < 1.29 is 4.79 Å². The van der Waals surface area contributed by atoms with Crippen molar-refractivity contribution in [1.82, 2.24) is 10.2 Å². The number of hydrogen-bond acceptors (Lipinski definition) is 3. The summed E-state index contributed by atoms with van der Waals surface area (Å²) in [5.74, 6) is 0.417. The Labute approximate surface area is 119 Å². The standard InChI is InChI=1S/C15H33N3O/c1-7-9-17-15(5,14(16)19)10-13(4)18(6)11-12(3)8-2/h12-13,17H,7-11H2,1-6H3,(H2,16,19). The van der Waals surface area contributed by atoms with E-state index in [1.165, 1.54) is 6.42 Å². The molecule has 0 aromatic carbocycles. The molecular weight excluding hydrogens is 238 g/mol. The number of nitrogens with two attached hydrogens (primary N) is 1. The lowest BCUT2D eigenvalue weighted by Gasteiger charge is -2.35. The summed E-state index contributed by atoms with van der Waals surface area (Å²) in [7, 11) is 2.12. The van der Waals surface area contributed by atoms with Crippen LogP contribution >= 0.6 is 0 Å². The molecule has 0 aliphatic heterocycles. The van der Waals surface area contributed by atoms with Crippen molar-refractivity contribution in [3.63, 3.8) is 0 Å². The average molecular weight is 271 g/mol. The molecule has 0 heterocycles. The summed E-state index contributed by atoms with van der Waals surface area (Å²) in [6.07, 6.45) is 2.92. The monoisotopic (exact) mass is 271 g/mol. The third kappa shape index (κ3) is 6.39. The lowest BCUT2D eigenvalue weighted by molar-refractivity contribution is -0.124. The Kier molecular flexibility index (Phi) is 8.26. The van der Waals surface area contributed by atoms with Gasteiger partial charge in [-0.1, -0.05) is 27.2 Å². The van der Waals surface area contributed by atoms with Gasteiger partial charge in [0, 0.05) is 12.6 Å². The predicted octanol–water partition coefficient (Wildman–Crippen LogP) is 1.99. The van der Waals surface area contributed by atoms with Crippen LogP contribution in [0.3, 0.4) is 0 Å². The Bertz CT molecular complexity index is 270. The molecule has 0 aliphatic carbocycles. The van der Waals surface area contributed by atoms with Crippen LogP contribution in [0.15, 0.2) is 0 Å². The van der Waals surface area contributed by atoms with E-state index in [9.17, 15) is 4.79 Å². The van der Waals surface area contributed by atoms with Gasteiger partial charge in [-0.25, -0.2) is 0 Å². The van der Waals surface area contributed by atoms with Crippen LogP contribution in [0, 0.1) is 5.92 Å². The van der Waals surface area contributed by atoms with Crippen LogP contribution in [-0.2, 0) is 4.79 Å². The van der Waals surface area contributed by atoms with E-state index >= 15 is 0 Å². The summed E-state index contributed by atoms with van der Waals surface area (Å²) >= 11 is 0. The summed E-state index contributed by atoms with van der Waals surface area (Å²) in [6.45, 7) is 12.5. The highest BCUT2D eigenvalue weighted by Gasteiger charge is 2.33. The molecular formula is C15H33N3O. The second-order valence-corrected chi connectivity index (χ2v) is 6.13. The SMILES string of the molecule is CCCNC(C)(CC(C)N(C)CC(C)CC)C(N)=O. The largest absolute Gasteiger partial charge is 0.368 e. The Morgan fingerprint density at radius 2 is 1.95 bits per heavy atom. The van der Waals surface area contributed by atoms with Gasteiger partial charge in [0.25, 0.3) is 0 Å². The number of carbonyl (C=O) groups excluding carboxylic acids is 1. The molecule has 0 saturated carbocycles. The fraction of sp³-hybridized carbons (Fsp3) is 0.933. The highest BCUT2D eigenvalue weighted by Crippen LogP contribution is 2.17. The molecule has 0 spiro atoms. The number of carbonyl (C=O) groups is 1. The van der Waals surface area contributed by atoms with E-state index in [1.54, 1.807) is 0 Å². The minimum Gasteiger partial charge on any atom is -0.368 e. The first-order valence-corrected chi connectivity index (χ1v) is 7.52. The molecule has 3 unspecified atom stereocenters. The zero-order valence-electron chi connectivity index (χ0n) is 13.6. The van der Waals surface area contributed by atoms with Crippen molar-refractivity contribution in [2.75, 3.05) is 20.1 Å². The maximum atomic E-state index is 11.7. The van der Waals surface area contributed by atoms with Gasteiger partial charge in [0.05, 0.1) is 5.54 Å². The van der Waals surface area contributed by atoms with Gasteiger partial charge < -0.3 is 16.0 Å². The molecule has 3 atom stereocenters. The molecule has 0 aromatic rings. The van der Waals surface area contributed by atoms with Crippen LogP contribution < -0.4 is 11.1 Å². The lowest BCUT2D eigenvalue weighted by atomic mass is 9.91. The molecule has 4 nitrogen and oxygen atoms in total. The van der Waals surface area contributed by atoms with Gasteiger partial charge in [0.2, 0.25) is 5.91 Å². The molecule has 3 N–H and O–H groups in total. The number of nitrogens with one attached hydrogen (secondary N) is 1. The van der Waals surface area contributed by atoms with E-state index in [0.29, 0.717) is 12.0 Å². The fourth-order valence-electron chi connectivity index (χ4n) is 2.21. The van der Waals surface area contributed by atoms with Crippen LogP contribution in [0.4, 0.5) is 0 Å². The highest BCUT2D eigenvalue weighted by atomic mass is 16.1. The van der Waals surface area contributed by atoms with Gasteiger partial charge in [0.1, 0.15) is 0 Å². The molecule has 0 aliphatic rings. The van der Waals surface area contributed by atoms with Crippen LogP contribution in [0.2, 0.25) is 0 Å². The maximum Gasteiger partial charge on any atom is 0.237 e. The van der Waals surface area contributed by atoms with Gasteiger partial charge in [-0.05, 0) is 46.2 Å². The zero-order chi connectivity index (χ0) is 15.1. The molecule has 1 amide bonds. The Balaban J connectivity index is 4.53. The summed E-state index contributed by atoms with van der Waals surface area (Å²) in [5.41, 5.74) is 4.96. The first-order valence-electron chi connectivity index (χ1n) is 7.52. The number of rotatable bonds is 10. The van der Waals surface area contributed by atoms with Gasteiger partial charge in [-0.3, -0.25) is 4.79 Å². The van der Waals surface area contributed by atoms with Crippen molar-refractivity contribution in [2.24, 2.45) is 11.7 Å². The van der Waals surface area contributed by atoms with E-state index in [1.807, 2.05) is 6.92 Å². The predicted molar refractivity (Wildman–Crippen MR) is 82.1 cm³/mol. The lowest BCUT2D eigenvalue weighted by Crippen LogP contribution is -2.56. The van der Waals surface area contributed by atoms with Crippen LogP contribution in [-0.4, -0.2) is 42.5 Å². The third-order valence-electron chi connectivity index (χ3n) is 4.06. The molecule has 0 radical (unpaired) electrons. The van der Waals surface area contributed by atoms with Crippen LogP contribution in [0.5, 0.6) is 0 Å². The van der Waals surface area contributed by atoms with Crippen molar-refractivity contribution in [3.05, 3.63) is 0 Å². The maximum absolute atomic E-state index is 11.7. The van der Waals surface area contributed by atoms with E-state index in [2.05, 4.69) is 45.0 Å². The first-order chi connectivity index (χ1) is 8.76. The first kappa shape index (κ1) is 18.4. The van der Waals surface area contributed by atoms with Crippen molar-refractivity contribution in [2.45, 2.75) is 65.5 Å². The summed E-state index contributed by atoms with van der Waals surface area (Å²) < 4.78 is 0. The van der Waals surface area contributed by atoms with Crippen molar-refractivity contribution >= 4 is 5.91 Å². The normalized spacial score (nSPS) is 18.1. The quantitative estimate of drug-likeness (QED) is 0.639. The molecule has 0 rings (SSSR count). The van der Waals surface area contributed by atoms with Crippen molar-refractivity contribution in [1.29, 1.82) is 0 Å². The van der Waals surface area contributed by atoms with Gasteiger partial charge in [-0.15, -0.1) is 0 Å². The summed E-state index contributed by atoms with van der Waals surface area (Å²) in [6, 6.07) is 0.329. The molecule has 0 bridgehead atoms. The number of nitrogens with zero attached hydrogens (tertiary/aromatic N) is 1. The average Bonchev–Trinajstić information content (AvgIpc) is 2.35. The van der Waals surface area contributed by atoms with E-state index in [-0.39, 0.29) is 5.91 Å². The Morgan fingerprint density at radius 3 is 2.37 bits per heavy atom. The molecule has 114 valence electrons. The van der Waals surface area contributed by atoms with E-state index in [0.717, 1.165) is 25.9 Å². The molecule has 0 aromatic heterocycles. The summed E-state index contributed by atoms with van der Waals surface area (Å²) in [4.78, 5) is 14.0. The van der Waals surface area contributed by atoms with Crippen molar-refractivity contribution in [3.8, 4) is 0 Å². The van der Waals surface area contributed by atoms with Crippen LogP contribution in [0.1, 0.15) is 53.9 Å². The fourth-order valence-corrected chi connectivity index (χ4v) is 2.21. The Morgan fingerprint density at radius 1 is 1.37 bits per heavy atom. The smallest absolute Gasteiger partial charge is 0.237 e. The van der Waals surface area contributed by atoms with E-state index in [4.69, 9.17) is 5.73 Å². The zero-order valence-corrected chi connectivity index (χ0v) is 13.6. The van der Waals surface area contributed by atoms with Crippen LogP contribution in [0.25, 0.3) is 0 Å². The second kappa shape index (κ2) is 8.54.